The highest BCUT2D eigenvalue weighted by Gasteiger charge is 2.16. The van der Waals surface area contributed by atoms with Crippen molar-refractivity contribution in [3.8, 4) is 22.1 Å². The number of ether oxygens (including phenoxy) is 3. The van der Waals surface area contributed by atoms with E-state index < -0.39 is 0 Å². The first-order valence-electron chi connectivity index (χ1n) is 8.19. The van der Waals surface area contributed by atoms with Crippen molar-refractivity contribution in [1.82, 2.24) is 14.6 Å². The van der Waals surface area contributed by atoms with Crippen LogP contribution in [0.15, 0.2) is 24.4 Å². The SMILES string of the molecule is COc1ccc(-c2nn3cc(NC4CCOCC4)nc3s2)cc1OC. The Morgan fingerprint density at radius 3 is 2.72 bits per heavy atom. The predicted octanol–water partition coefficient (Wildman–Crippen LogP) is 3.07. The molecule has 1 aliphatic heterocycles. The zero-order chi connectivity index (χ0) is 17.2. The van der Waals surface area contributed by atoms with Gasteiger partial charge in [0.05, 0.1) is 20.4 Å². The lowest BCUT2D eigenvalue weighted by Crippen LogP contribution is -2.27. The van der Waals surface area contributed by atoms with Gasteiger partial charge in [-0.05, 0) is 31.0 Å². The van der Waals surface area contributed by atoms with Crippen molar-refractivity contribution in [2.75, 3.05) is 32.8 Å². The summed E-state index contributed by atoms with van der Waals surface area (Å²) in [6.45, 7) is 1.61. The number of hydrogen-bond acceptors (Lipinski definition) is 7. The fourth-order valence-corrected chi connectivity index (χ4v) is 3.78. The lowest BCUT2D eigenvalue weighted by molar-refractivity contribution is 0.0904. The molecule has 0 bridgehead atoms. The zero-order valence-corrected chi connectivity index (χ0v) is 15.0. The number of nitrogens with one attached hydrogen (secondary N) is 1. The first kappa shape index (κ1) is 16.2. The molecule has 8 heteroatoms. The highest BCUT2D eigenvalue weighted by Crippen LogP contribution is 2.34. The van der Waals surface area contributed by atoms with E-state index in [0.717, 1.165) is 47.4 Å². The Bertz CT molecular complexity index is 839. The van der Waals surface area contributed by atoms with Crippen LogP contribution in [0.2, 0.25) is 0 Å². The number of fused-ring (bicyclic) bond motifs is 1. The van der Waals surface area contributed by atoms with E-state index in [1.165, 1.54) is 0 Å². The lowest BCUT2D eigenvalue weighted by Gasteiger charge is -2.22. The molecule has 1 saturated heterocycles. The zero-order valence-electron chi connectivity index (χ0n) is 14.2. The number of nitrogens with zero attached hydrogens (tertiary/aromatic N) is 3. The van der Waals surface area contributed by atoms with Gasteiger partial charge in [-0.1, -0.05) is 11.3 Å². The Morgan fingerprint density at radius 2 is 2.00 bits per heavy atom. The number of anilines is 1. The predicted molar refractivity (Wildman–Crippen MR) is 96.9 cm³/mol. The molecule has 25 heavy (non-hydrogen) atoms. The molecule has 2 aromatic heterocycles. The number of methoxy groups -OCH3 is 2. The van der Waals surface area contributed by atoms with Gasteiger partial charge >= 0.3 is 0 Å². The maximum Gasteiger partial charge on any atom is 0.214 e. The summed E-state index contributed by atoms with van der Waals surface area (Å²) >= 11 is 1.55. The maximum atomic E-state index is 5.39. The van der Waals surface area contributed by atoms with Crippen LogP contribution in [0, 0.1) is 0 Å². The topological polar surface area (TPSA) is 69.9 Å². The number of hydrogen-bond donors (Lipinski definition) is 1. The molecule has 7 nitrogen and oxygen atoms in total. The van der Waals surface area contributed by atoms with Gasteiger partial charge in [-0.2, -0.15) is 5.10 Å². The third-order valence-corrected chi connectivity index (χ3v) is 5.22. The third-order valence-electron chi connectivity index (χ3n) is 4.25. The fourth-order valence-electron chi connectivity index (χ4n) is 2.91. The summed E-state index contributed by atoms with van der Waals surface area (Å²) in [6.07, 6.45) is 3.95. The number of rotatable bonds is 5. The molecule has 0 aliphatic carbocycles. The molecule has 0 unspecified atom stereocenters. The largest absolute Gasteiger partial charge is 0.493 e. The molecule has 3 heterocycles. The Labute approximate surface area is 149 Å². The van der Waals surface area contributed by atoms with Crippen LogP contribution < -0.4 is 14.8 Å². The molecule has 0 radical (unpaired) electrons. The first-order valence-corrected chi connectivity index (χ1v) is 9.01. The van der Waals surface area contributed by atoms with Gasteiger partial charge in [-0.25, -0.2) is 9.50 Å². The van der Waals surface area contributed by atoms with Crippen LogP contribution in [0.3, 0.4) is 0 Å². The summed E-state index contributed by atoms with van der Waals surface area (Å²) in [7, 11) is 3.26. The van der Waals surface area contributed by atoms with E-state index in [0.29, 0.717) is 17.5 Å². The summed E-state index contributed by atoms with van der Waals surface area (Å²) in [5.74, 6) is 2.26. The normalized spacial score (nSPS) is 15.4. The maximum absolute atomic E-state index is 5.39. The van der Waals surface area contributed by atoms with Crippen molar-refractivity contribution >= 4 is 22.1 Å². The Balaban J connectivity index is 1.56. The second kappa shape index (κ2) is 6.89. The summed E-state index contributed by atoms with van der Waals surface area (Å²) in [5.41, 5.74) is 0.979. The van der Waals surface area contributed by atoms with E-state index in [1.807, 2.05) is 28.9 Å². The van der Waals surface area contributed by atoms with E-state index in [2.05, 4.69) is 15.4 Å². The standard InChI is InChI=1S/C17H20N4O3S/c1-22-13-4-3-11(9-14(13)23-2)16-20-21-10-15(19-17(21)25-16)18-12-5-7-24-8-6-12/h3-4,9-10,12,18H,5-8H2,1-2H3. The van der Waals surface area contributed by atoms with Crippen LogP contribution in [0.5, 0.6) is 11.5 Å². The van der Waals surface area contributed by atoms with E-state index in [-0.39, 0.29) is 0 Å². The van der Waals surface area contributed by atoms with Gasteiger partial charge in [0.2, 0.25) is 4.96 Å². The van der Waals surface area contributed by atoms with E-state index >= 15 is 0 Å². The molecular formula is C17H20N4O3S. The van der Waals surface area contributed by atoms with Crippen molar-refractivity contribution < 1.29 is 14.2 Å². The lowest BCUT2D eigenvalue weighted by atomic mass is 10.1. The van der Waals surface area contributed by atoms with Crippen LogP contribution in [0.1, 0.15) is 12.8 Å². The molecule has 1 aliphatic rings. The minimum absolute atomic E-state index is 0.420. The van der Waals surface area contributed by atoms with Gasteiger partial charge in [0.15, 0.2) is 11.5 Å². The summed E-state index contributed by atoms with van der Waals surface area (Å²) in [4.78, 5) is 5.50. The van der Waals surface area contributed by atoms with Crippen LogP contribution >= 0.6 is 11.3 Å². The van der Waals surface area contributed by atoms with E-state index in [9.17, 15) is 0 Å². The van der Waals surface area contributed by atoms with Gasteiger partial charge in [0.25, 0.3) is 0 Å². The minimum atomic E-state index is 0.420. The smallest absolute Gasteiger partial charge is 0.214 e. The second-order valence-corrected chi connectivity index (χ2v) is 6.82. The highest BCUT2D eigenvalue weighted by atomic mass is 32.1. The molecule has 1 N–H and O–H groups in total. The molecule has 1 aromatic carbocycles. The van der Waals surface area contributed by atoms with Crippen molar-refractivity contribution in [3.63, 3.8) is 0 Å². The number of aromatic nitrogens is 3. The average Bonchev–Trinajstić information content (AvgIpc) is 3.20. The van der Waals surface area contributed by atoms with Crippen molar-refractivity contribution in [3.05, 3.63) is 24.4 Å². The number of benzene rings is 1. The van der Waals surface area contributed by atoms with Gasteiger partial charge in [-0.3, -0.25) is 0 Å². The summed E-state index contributed by atoms with van der Waals surface area (Å²) in [5, 5.41) is 9.00. The number of imidazole rings is 1. The second-order valence-electron chi connectivity index (χ2n) is 5.86. The highest BCUT2D eigenvalue weighted by molar-refractivity contribution is 7.19. The molecular weight excluding hydrogens is 340 g/mol. The summed E-state index contributed by atoms with van der Waals surface area (Å²) in [6, 6.07) is 6.21. The molecule has 0 spiro atoms. The monoisotopic (exact) mass is 360 g/mol. The van der Waals surface area contributed by atoms with Gasteiger partial charge in [0, 0.05) is 24.8 Å². The summed E-state index contributed by atoms with van der Waals surface area (Å²) < 4.78 is 17.9. The van der Waals surface area contributed by atoms with Crippen LogP contribution in [-0.2, 0) is 4.74 Å². The molecule has 4 rings (SSSR count). The Kier molecular flexibility index (Phi) is 4.46. The van der Waals surface area contributed by atoms with E-state index in [4.69, 9.17) is 14.2 Å². The Morgan fingerprint density at radius 1 is 1.20 bits per heavy atom. The van der Waals surface area contributed by atoms with E-state index in [1.54, 1.807) is 25.6 Å². The van der Waals surface area contributed by atoms with Crippen molar-refractivity contribution in [2.45, 2.75) is 18.9 Å². The molecule has 132 valence electrons. The van der Waals surface area contributed by atoms with Gasteiger partial charge in [0.1, 0.15) is 10.8 Å². The quantitative estimate of drug-likeness (QED) is 0.754. The fraction of sp³-hybridized carbons (Fsp3) is 0.412. The van der Waals surface area contributed by atoms with Gasteiger partial charge in [-0.15, -0.1) is 0 Å². The third kappa shape index (κ3) is 3.27. The molecule has 0 saturated carbocycles. The average molecular weight is 360 g/mol. The first-order chi connectivity index (χ1) is 12.3. The van der Waals surface area contributed by atoms with Crippen molar-refractivity contribution in [2.24, 2.45) is 0 Å². The van der Waals surface area contributed by atoms with Crippen LogP contribution in [-0.4, -0.2) is 48.1 Å². The molecule has 0 amide bonds. The molecule has 3 aromatic rings. The van der Waals surface area contributed by atoms with Crippen LogP contribution in [0.4, 0.5) is 5.82 Å². The van der Waals surface area contributed by atoms with Gasteiger partial charge < -0.3 is 19.5 Å². The molecule has 1 fully saturated rings. The van der Waals surface area contributed by atoms with Crippen LogP contribution in [0.25, 0.3) is 15.5 Å². The molecule has 0 atom stereocenters. The Hall–Kier alpha value is -2.32. The minimum Gasteiger partial charge on any atom is -0.493 e. The van der Waals surface area contributed by atoms with Crippen molar-refractivity contribution in [1.29, 1.82) is 0 Å².